The smallest absolute Gasteiger partial charge is 0.233 e. The van der Waals surface area contributed by atoms with Crippen molar-refractivity contribution in [1.82, 2.24) is 15.0 Å². The molecule has 0 fully saturated rings. The molecule has 2 rings (SSSR count). The number of benzene rings is 1. The van der Waals surface area contributed by atoms with Crippen LogP contribution in [0.1, 0.15) is 45.4 Å². The number of rotatable bonds is 19. The number of aromatic nitrogens is 3. The van der Waals surface area contributed by atoms with E-state index in [2.05, 4.69) is 37.8 Å². The van der Waals surface area contributed by atoms with Crippen LogP contribution < -0.4 is 21.7 Å². The molecule has 0 spiro atoms. The van der Waals surface area contributed by atoms with Gasteiger partial charge in [-0.05, 0) is 18.6 Å². The summed E-state index contributed by atoms with van der Waals surface area (Å²) in [5.41, 5.74) is 6.31. The van der Waals surface area contributed by atoms with E-state index in [1.54, 1.807) is 0 Å². The van der Waals surface area contributed by atoms with Gasteiger partial charge in [0.2, 0.25) is 17.8 Å². The molecule has 0 aliphatic carbocycles. The third-order valence-corrected chi connectivity index (χ3v) is 4.64. The molecule has 0 unspecified atom stereocenters. The molecular formula is C23H39N7O2. The Morgan fingerprint density at radius 3 is 2.06 bits per heavy atom. The van der Waals surface area contributed by atoms with Gasteiger partial charge in [-0.15, -0.1) is 0 Å². The third kappa shape index (κ3) is 11.8. The molecule has 0 radical (unpaired) electrons. The fraction of sp³-hybridized carbons (Fsp3) is 0.609. The number of para-hydroxylation sites is 1. The highest BCUT2D eigenvalue weighted by molar-refractivity contribution is 5.55. The SMILES string of the molecule is CCCCCCCCNc1nc(NCCOCCOCCN)nc(Nc2ccccc2)n1. The van der Waals surface area contributed by atoms with Crippen LogP contribution in [0.3, 0.4) is 0 Å². The summed E-state index contributed by atoms with van der Waals surface area (Å²) in [4.78, 5) is 13.5. The molecule has 0 bridgehead atoms. The minimum Gasteiger partial charge on any atom is -0.378 e. The molecule has 0 aliphatic rings. The van der Waals surface area contributed by atoms with Crippen LogP contribution in [0, 0.1) is 0 Å². The topological polar surface area (TPSA) is 119 Å². The Kier molecular flexibility index (Phi) is 13.8. The van der Waals surface area contributed by atoms with Crippen LogP contribution in [0.25, 0.3) is 0 Å². The second-order valence-electron chi connectivity index (χ2n) is 7.43. The zero-order valence-corrected chi connectivity index (χ0v) is 19.3. The van der Waals surface area contributed by atoms with E-state index in [1.807, 2.05) is 30.3 Å². The van der Waals surface area contributed by atoms with E-state index in [-0.39, 0.29) is 0 Å². The maximum Gasteiger partial charge on any atom is 0.233 e. The van der Waals surface area contributed by atoms with Crippen molar-refractivity contribution in [3.8, 4) is 0 Å². The molecule has 0 amide bonds. The monoisotopic (exact) mass is 445 g/mol. The van der Waals surface area contributed by atoms with Gasteiger partial charge in [-0.3, -0.25) is 0 Å². The first-order valence-corrected chi connectivity index (χ1v) is 11.7. The number of anilines is 4. The fourth-order valence-electron chi connectivity index (χ4n) is 2.99. The number of nitrogens with zero attached hydrogens (tertiary/aromatic N) is 3. The summed E-state index contributed by atoms with van der Waals surface area (Å²) < 4.78 is 10.8. The second-order valence-corrected chi connectivity index (χ2v) is 7.43. The summed E-state index contributed by atoms with van der Waals surface area (Å²) in [7, 11) is 0. The predicted molar refractivity (Wildman–Crippen MR) is 131 cm³/mol. The molecule has 0 aliphatic heterocycles. The number of nitrogens with two attached hydrogens (primary N) is 1. The zero-order chi connectivity index (χ0) is 22.7. The van der Waals surface area contributed by atoms with Crippen LogP contribution in [0.5, 0.6) is 0 Å². The van der Waals surface area contributed by atoms with Gasteiger partial charge < -0.3 is 31.2 Å². The first-order chi connectivity index (χ1) is 15.8. The summed E-state index contributed by atoms with van der Waals surface area (Å²) in [6.45, 7) is 6.34. The molecule has 32 heavy (non-hydrogen) atoms. The lowest BCUT2D eigenvalue weighted by Crippen LogP contribution is -2.17. The van der Waals surface area contributed by atoms with Gasteiger partial charge >= 0.3 is 0 Å². The van der Waals surface area contributed by atoms with E-state index >= 15 is 0 Å². The number of unbranched alkanes of at least 4 members (excludes halogenated alkanes) is 5. The Labute approximate surface area is 191 Å². The molecule has 2 aromatic rings. The van der Waals surface area contributed by atoms with Gasteiger partial charge in [0.15, 0.2) is 0 Å². The fourth-order valence-corrected chi connectivity index (χ4v) is 2.99. The minimum atomic E-state index is 0.496. The number of ether oxygens (including phenoxy) is 2. The standard InChI is InChI=1S/C23H39N7O2/c1-2-3-4-5-6-10-14-25-21-28-22(26-15-17-32-19-18-31-16-13-24)30-23(29-21)27-20-11-8-7-9-12-20/h7-9,11-12H,2-6,10,13-19,24H2,1H3,(H3,25,26,27,28,29,30). The Morgan fingerprint density at radius 2 is 1.34 bits per heavy atom. The summed E-state index contributed by atoms with van der Waals surface area (Å²) in [6.07, 6.45) is 7.47. The van der Waals surface area contributed by atoms with E-state index in [9.17, 15) is 0 Å². The molecule has 1 aromatic heterocycles. The lowest BCUT2D eigenvalue weighted by Gasteiger charge is -2.12. The maximum atomic E-state index is 5.55. The van der Waals surface area contributed by atoms with E-state index in [4.69, 9.17) is 15.2 Å². The van der Waals surface area contributed by atoms with Crippen molar-refractivity contribution in [2.75, 3.05) is 62.0 Å². The van der Waals surface area contributed by atoms with Gasteiger partial charge in [0.05, 0.1) is 26.4 Å². The van der Waals surface area contributed by atoms with Crippen molar-refractivity contribution in [2.24, 2.45) is 5.73 Å². The summed E-state index contributed by atoms with van der Waals surface area (Å²) in [6, 6.07) is 9.85. The van der Waals surface area contributed by atoms with Crippen molar-refractivity contribution >= 4 is 23.5 Å². The molecule has 1 heterocycles. The van der Waals surface area contributed by atoms with Crippen LogP contribution in [0.2, 0.25) is 0 Å². The van der Waals surface area contributed by atoms with E-state index < -0.39 is 0 Å². The van der Waals surface area contributed by atoms with Crippen molar-refractivity contribution in [2.45, 2.75) is 45.4 Å². The van der Waals surface area contributed by atoms with Gasteiger partial charge in [0.25, 0.3) is 0 Å². The van der Waals surface area contributed by atoms with Gasteiger partial charge in [0.1, 0.15) is 0 Å². The number of hydrogen-bond donors (Lipinski definition) is 4. The Morgan fingerprint density at radius 1 is 0.719 bits per heavy atom. The van der Waals surface area contributed by atoms with Crippen LogP contribution in [0.4, 0.5) is 23.5 Å². The maximum absolute atomic E-state index is 5.55. The first-order valence-electron chi connectivity index (χ1n) is 11.7. The lowest BCUT2D eigenvalue weighted by molar-refractivity contribution is 0.0547. The van der Waals surface area contributed by atoms with Crippen molar-refractivity contribution in [3.63, 3.8) is 0 Å². The Balaban J connectivity index is 1.83. The summed E-state index contributed by atoms with van der Waals surface area (Å²) in [5, 5.41) is 9.78. The molecule has 9 nitrogen and oxygen atoms in total. The quantitative estimate of drug-likeness (QED) is 0.239. The molecule has 9 heteroatoms. The Bertz CT molecular complexity index is 719. The van der Waals surface area contributed by atoms with Gasteiger partial charge in [-0.2, -0.15) is 15.0 Å². The lowest BCUT2D eigenvalue weighted by atomic mass is 10.1. The average Bonchev–Trinajstić information content (AvgIpc) is 2.81. The highest BCUT2D eigenvalue weighted by Crippen LogP contribution is 2.15. The molecule has 5 N–H and O–H groups in total. The molecule has 178 valence electrons. The molecule has 0 saturated carbocycles. The van der Waals surface area contributed by atoms with Crippen molar-refractivity contribution < 1.29 is 9.47 Å². The molecule has 1 aromatic carbocycles. The molecule has 0 saturated heterocycles. The van der Waals surface area contributed by atoms with Crippen molar-refractivity contribution in [1.29, 1.82) is 0 Å². The normalized spacial score (nSPS) is 10.8. The van der Waals surface area contributed by atoms with E-state index in [0.29, 0.717) is 57.4 Å². The van der Waals surface area contributed by atoms with Crippen LogP contribution >= 0.6 is 0 Å². The largest absolute Gasteiger partial charge is 0.378 e. The zero-order valence-electron chi connectivity index (χ0n) is 19.3. The average molecular weight is 446 g/mol. The van der Waals surface area contributed by atoms with Crippen molar-refractivity contribution in [3.05, 3.63) is 30.3 Å². The molecule has 0 atom stereocenters. The third-order valence-electron chi connectivity index (χ3n) is 4.64. The highest BCUT2D eigenvalue weighted by Gasteiger charge is 2.07. The highest BCUT2D eigenvalue weighted by atomic mass is 16.5. The summed E-state index contributed by atoms with van der Waals surface area (Å²) >= 11 is 0. The number of nitrogens with one attached hydrogen (secondary N) is 3. The van der Waals surface area contributed by atoms with Gasteiger partial charge in [-0.25, -0.2) is 0 Å². The second kappa shape index (κ2) is 17.1. The Hall–Kier alpha value is -2.49. The summed E-state index contributed by atoms with van der Waals surface area (Å²) in [5.74, 6) is 1.56. The minimum absolute atomic E-state index is 0.496. The van der Waals surface area contributed by atoms with Crippen LogP contribution in [0.15, 0.2) is 30.3 Å². The molecular weight excluding hydrogens is 406 g/mol. The van der Waals surface area contributed by atoms with Gasteiger partial charge in [0, 0.05) is 25.3 Å². The van der Waals surface area contributed by atoms with E-state index in [0.717, 1.165) is 18.7 Å². The van der Waals surface area contributed by atoms with Crippen LogP contribution in [-0.2, 0) is 9.47 Å². The first kappa shape index (κ1) is 25.8. The van der Waals surface area contributed by atoms with E-state index in [1.165, 1.54) is 32.1 Å². The van der Waals surface area contributed by atoms with Crippen LogP contribution in [-0.4, -0.2) is 61.0 Å². The predicted octanol–water partition coefficient (Wildman–Crippen LogP) is 3.79. The van der Waals surface area contributed by atoms with Gasteiger partial charge in [-0.1, -0.05) is 57.2 Å². The number of hydrogen-bond acceptors (Lipinski definition) is 9.